The molecular weight excluding hydrogens is 1330 g/mol. The summed E-state index contributed by atoms with van der Waals surface area (Å²) >= 11 is 0. The number of carbonyl (C=O) groups is 9. The molecule has 0 spiro atoms. The number of halogens is 12. The van der Waals surface area contributed by atoms with Gasteiger partial charge in [-0.05, 0) is 67.8 Å². The fourth-order valence-electron chi connectivity index (χ4n) is 7.14. The summed E-state index contributed by atoms with van der Waals surface area (Å²) in [6.07, 6.45) is -18.9. The summed E-state index contributed by atoms with van der Waals surface area (Å²) in [5, 5.41) is 48.4. The lowest BCUT2D eigenvalue weighted by Gasteiger charge is -2.32. The number of nitrogens with zero attached hydrogens (tertiary/aromatic N) is 4. The Morgan fingerprint density at radius 2 is 1.22 bits per heavy atom. The highest BCUT2D eigenvalue weighted by molar-refractivity contribution is 8.76. The van der Waals surface area contributed by atoms with Crippen LogP contribution in [0, 0.1) is 18.3 Å². The van der Waals surface area contributed by atoms with E-state index in [1.807, 2.05) is 30.3 Å². The maximum absolute atomic E-state index is 14.6. The number of nitrogens with one attached hydrogen (secondary N) is 4. The number of aliphatic carboxylic acids is 4. The number of benzene rings is 3. The summed E-state index contributed by atoms with van der Waals surface area (Å²) in [4.78, 5) is 116. The van der Waals surface area contributed by atoms with Crippen molar-refractivity contribution in [1.29, 1.82) is 5.26 Å². The van der Waals surface area contributed by atoms with Gasteiger partial charge in [0.2, 0.25) is 23.6 Å². The van der Waals surface area contributed by atoms with Crippen molar-refractivity contribution < 1.29 is 126 Å². The van der Waals surface area contributed by atoms with E-state index in [0.717, 1.165) is 22.6 Å². The highest BCUT2D eigenvalue weighted by Crippen LogP contribution is 2.40. The molecule has 0 saturated heterocycles. The maximum Gasteiger partial charge on any atom is 0.490 e. The molecule has 1 aliphatic heterocycles. The number of nitrogens with two attached hydrogens (primary N) is 3. The largest absolute Gasteiger partial charge is 0.492 e. The smallest absolute Gasteiger partial charge is 0.490 e. The van der Waals surface area contributed by atoms with Crippen LogP contribution in [0.3, 0.4) is 0 Å². The molecule has 3 aromatic carbocycles. The molecule has 518 valence electrons. The van der Waals surface area contributed by atoms with Crippen molar-refractivity contribution in [3.8, 4) is 40.1 Å². The molecule has 0 aliphatic carbocycles. The number of hydrogen-bond donors (Lipinski definition) is 11. The van der Waals surface area contributed by atoms with Crippen molar-refractivity contribution in [2.24, 2.45) is 17.2 Å². The number of carboxylic acids is 4. The van der Waals surface area contributed by atoms with Crippen molar-refractivity contribution in [3.05, 3.63) is 94.8 Å². The Balaban J connectivity index is 0.00000130. The van der Waals surface area contributed by atoms with Gasteiger partial charge in [0, 0.05) is 61.0 Å². The van der Waals surface area contributed by atoms with Crippen LogP contribution in [0.4, 0.5) is 52.7 Å². The summed E-state index contributed by atoms with van der Waals surface area (Å²) < 4.78 is 139. The van der Waals surface area contributed by atoms with Gasteiger partial charge in [-0.25, -0.2) is 29.1 Å². The van der Waals surface area contributed by atoms with Crippen LogP contribution < -0.4 is 47.9 Å². The van der Waals surface area contributed by atoms with Gasteiger partial charge in [0.1, 0.15) is 55.4 Å². The molecule has 5 rings (SSSR count). The molecule has 1 aromatic heterocycles. The molecule has 0 radical (unpaired) electrons. The standard InChI is InChI=1S/C46H57N11O7S2.4C2HF3O2/c1-5-65-66-26-29-6-9-31(10-7-29)41-52-25-35(27(2)53-41)43(59)55-36(14-15-47)46(62)57(4)40-32-11-13-39(64-21-18-50)34(24-32)33-22-30(8-12-38(33)63-20-17-49)23-37(44(60)51-19-16-48)56-42(58)28(3)54-45(40)61;4*3-2(4,5)1(6)7/h6-13,22,24-25,28,36-37,40H,5,14-15,17-21,23,26,47,49-50H2,1-4H3,(H,51,60)(H,54,61)(H,55,59)(H,56,58);4*(H,6,7)/t28-,36-,37-,40-;;;;/m0..../s1. The normalized spacial score (nSPS) is 14.9. The van der Waals surface area contributed by atoms with E-state index in [9.17, 15) is 76.7 Å². The molecule has 0 fully saturated rings. The Bertz CT molecular complexity index is 3190. The molecular formula is C54H61F12N11O15S2. The topological polar surface area (TPSA) is 432 Å². The minimum Gasteiger partial charge on any atom is -0.492 e. The predicted molar refractivity (Wildman–Crippen MR) is 310 cm³/mol. The van der Waals surface area contributed by atoms with Crippen molar-refractivity contribution in [3.63, 3.8) is 0 Å². The third-order valence-electron chi connectivity index (χ3n) is 11.4. The number of rotatable bonds is 19. The molecule has 5 amide bonds. The number of alkyl halides is 12. The molecule has 14 N–H and O–H groups in total. The molecule has 94 heavy (non-hydrogen) atoms. The van der Waals surface area contributed by atoms with Gasteiger partial charge in [-0.2, -0.15) is 57.9 Å². The molecule has 40 heteroatoms. The molecule has 4 atom stereocenters. The van der Waals surface area contributed by atoms with Gasteiger partial charge in [0.15, 0.2) is 5.82 Å². The first kappa shape index (κ1) is 82.8. The van der Waals surface area contributed by atoms with Gasteiger partial charge in [-0.1, -0.05) is 64.9 Å². The molecule has 4 aromatic rings. The molecule has 0 unspecified atom stereocenters. The first-order chi connectivity index (χ1) is 43.6. The summed E-state index contributed by atoms with van der Waals surface area (Å²) in [6.45, 7) is 5.60. The van der Waals surface area contributed by atoms with Crippen LogP contribution in [0.15, 0.2) is 66.9 Å². The number of hydrogen-bond acceptors (Lipinski definition) is 19. The van der Waals surface area contributed by atoms with Crippen LogP contribution in [0.1, 0.15) is 59.1 Å². The summed E-state index contributed by atoms with van der Waals surface area (Å²) in [5.41, 5.74) is 22.0. The van der Waals surface area contributed by atoms with Crippen LogP contribution >= 0.6 is 21.6 Å². The average Bonchev–Trinajstić information content (AvgIpc) is 0.784. The third kappa shape index (κ3) is 28.3. The number of amides is 5. The van der Waals surface area contributed by atoms with E-state index in [1.54, 1.807) is 64.9 Å². The fourth-order valence-corrected chi connectivity index (χ4v) is 8.87. The molecule has 4 bridgehead atoms. The highest BCUT2D eigenvalue weighted by Gasteiger charge is 2.41. The first-order valence-corrected chi connectivity index (χ1v) is 28.9. The second kappa shape index (κ2) is 38.7. The van der Waals surface area contributed by atoms with Crippen LogP contribution in [0.2, 0.25) is 0 Å². The summed E-state index contributed by atoms with van der Waals surface area (Å²) in [7, 11) is 4.99. The number of ether oxygens (including phenoxy) is 2. The molecule has 2 heterocycles. The van der Waals surface area contributed by atoms with E-state index >= 15 is 0 Å². The van der Waals surface area contributed by atoms with E-state index in [2.05, 4.69) is 38.2 Å². The minimum atomic E-state index is -5.08. The average molecular weight is 1400 g/mol. The van der Waals surface area contributed by atoms with Crippen molar-refractivity contribution in [2.75, 3.05) is 52.2 Å². The number of fused-ring (bicyclic) bond motifs is 5. The Hall–Kier alpha value is -9.20. The maximum atomic E-state index is 14.6. The van der Waals surface area contributed by atoms with Crippen molar-refractivity contribution in [1.82, 2.24) is 36.1 Å². The van der Waals surface area contributed by atoms with Gasteiger partial charge in [0.05, 0.1) is 17.3 Å². The van der Waals surface area contributed by atoms with Gasteiger partial charge in [0.25, 0.3) is 5.91 Å². The first-order valence-electron chi connectivity index (χ1n) is 26.4. The molecule has 1 aliphatic rings. The van der Waals surface area contributed by atoms with Gasteiger partial charge < -0.3 is 73.3 Å². The zero-order valence-corrected chi connectivity index (χ0v) is 51.0. The quantitative estimate of drug-likeness (QED) is 0.0253. The SMILES string of the molecule is CCSSCc1ccc(-c2ncc(C(=O)N[C@@H](CCN)C(=O)N(C)[C@@H]3C(=O)N[C@@H](C)C(=O)N[C@H](C(=O)NCC#N)Cc4ccc(OCCN)c(c4)-c4cc3ccc4OCCN)c(C)n2)cc1.O=C(O)C(F)(F)F.O=C(O)C(F)(F)F.O=C(O)C(F)(F)F.O=C(O)C(F)(F)F. The van der Waals surface area contributed by atoms with Gasteiger partial charge >= 0.3 is 48.6 Å². The molecule has 26 nitrogen and oxygen atoms in total. The Kier molecular flexibility index (Phi) is 34.1. The number of likely N-dealkylation sites (N-methyl/N-ethyl adjacent to an activating group) is 1. The Labute approximate surface area is 533 Å². The van der Waals surface area contributed by atoms with Crippen LogP contribution in [-0.2, 0) is 50.5 Å². The lowest BCUT2D eigenvalue weighted by Crippen LogP contribution is -2.56. The summed E-state index contributed by atoms with van der Waals surface area (Å²) in [6, 6.07) is 14.9. The second-order valence-electron chi connectivity index (χ2n) is 18.5. The zero-order valence-electron chi connectivity index (χ0n) is 49.4. The van der Waals surface area contributed by atoms with Gasteiger partial charge in [-0.15, -0.1) is 0 Å². The number of carbonyl (C=O) groups excluding carboxylic acids is 5. The van der Waals surface area contributed by atoms with Crippen LogP contribution in [0.25, 0.3) is 22.5 Å². The number of nitriles is 1. The van der Waals surface area contributed by atoms with E-state index in [0.29, 0.717) is 45.3 Å². The van der Waals surface area contributed by atoms with E-state index in [4.69, 9.17) is 71.5 Å². The fraction of sp³-hybridized carbons (Fsp3) is 0.407. The zero-order chi connectivity index (χ0) is 72.1. The van der Waals surface area contributed by atoms with Crippen LogP contribution in [0.5, 0.6) is 11.5 Å². The summed E-state index contributed by atoms with van der Waals surface area (Å²) in [5.74, 6) is -11.3. The van der Waals surface area contributed by atoms with Crippen LogP contribution in [-0.4, -0.2) is 184 Å². The third-order valence-corrected chi connectivity index (χ3v) is 13.9. The highest BCUT2D eigenvalue weighted by atomic mass is 33.1. The lowest BCUT2D eigenvalue weighted by molar-refractivity contribution is -0.193. The Morgan fingerprint density at radius 3 is 1.67 bits per heavy atom. The number of aryl methyl sites for hydroxylation is 1. The monoisotopic (exact) mass is 1400 g/mol. The van der Waals surface area contributed by atoms with E-state index < -0.39 is 102 Å². The van der Waals surface area contributed by atoms with Crippen molar-refractivity contribution >= 4 is 75.0 Å². The van der Waals surface area contributed by atoms with E-state index in [-0.39, 0.29) is 57.8 Å². The predicted octanol–water partition coefficient (Wildman–Crippen LogP) is 5.06. The second-order valence-corrected chi connectivity index (χ2v) is 21.2. The van der Waals surface area contributed by atoms with Crippen molar-refractivity contribution in [2.45, 2.75) is 88.2 Å². The number of carboxylic acid groups (broad SMARTS) is 4. The lowest BCUT2D eigenvalue weighted by atomic mass is 9.93. The Morgan fingerprint density at radius 1 is 0.734 bits per heavy atom. The molecule has 0 saturated carbocycles. The number of aromatic nitrogens is 2. The minimum absolute atomic E-state index is 0.000996. The van der Waals surface area contributed by atoms with E-state index in [1.165, 1.54) is 25.1 Å². The van der Waals surface area contributed by atoms with Gasteiger partial charge in [-0.3, -0.25) is 24.0 Å².